The lowest BCUT2D eigenvalue weighted by atomic mass is 10.1. The summed E-state index contributed by atoms with van der Waals surface area (Å²) in [4.78, 5) is 12.7. The number of nitrogens with two attached hydrogens (primary N) is 2. The van der Waals surface area contributed by atoms with Crippen LogP contribution in [0.2, 0.25) is 5.02 Å². The molecule has 0 spiro atoms. The van der Waals surface area contributed by atoms with Crippen LogP contribution in [0.5, 0.6) is 5.75 Å². The highest BCUT2D eigenvalue weighted by Gasteiger charge is 2.19. The summed E-state index contributed by atoms with van der Waals surface area (Å²) in [7, 11) is 0. The maximum Gasteiger partial charge on any atom is 0.259 e. The molecule has 34 heavy (non-hydrogen) atoms. The predicted molar refractivity (Wildman–Crippen MR) is 124 cm³/mol. The van der Waals surface area contributed by atoms with Crippen molar-refractivity contribution in [2.45, 2.75) is 6.61 Å². The van der Waals surface area contributed by atoms with Gasteiger partial charge in [-0.2, -0.15) is 5.10 Å². The third kappa shape index (κ3) is 4.92. The Balaban J connectivity index is 1.46. The Morgan fingerprint density at radius 1 is 1.09 bits per heavy atom. The van der Waals surface area contributed by atoms with Gasteiger partial charge in [-0.05, 0) is 60.2 Å². The molecule has 1 aromatic heterocycles. The monoisotopic (exact) mass is 485 g/mol. The van der Waals surface area contributed by atoms with Gasteiger partial charge >= 0.3 is 0 Å². The molecule has 0 saturated carbocycles. The number of nitrogens with zero attached hydrogens (tertiary/aromatic N) is 1. The molecule has 3 aromatic carbocycles. The van der Waals surface area contributed by atoms with E-state index in [9.17, 15) is 13.6 Å². The second kappa shape index (κ2) is 9.77. The summed E-state index contributed by atoms with van der Waals surface area (Å²) in [6.45, 7) is 0.119. The first-order valence-corrected chi connectivity index (χ1v) is 10.2. The summed E-state index contributed by atoms with van der Waals surface area (Å²) in [5.74, 6) is 9.27. The topological polar surface area (TPSA) is 128 Å². The number of anilines is 1. The van der Waals surface area contributed by atoms with E-state index in [2.05, 4.69) is 15.8 Å². The van der Waals surface area contributed by atoms with E-state index in [4.69, 9.17) is 32.4 Å². The average molecular weight is 486 g/mol. The number of amidine groups is 1. The van der Waals surface area contributed by atoms with Gasteiger partial charge in [-0.1, -0.05) is 11.6 Å². The summed E-state index contributed by atoms with van der Waals surface area (Å²) in [6.07, 6.45) is 1.22. The van der Waals surface area contributed by atoms with E-state index in [1.165, 1.54) is 24.5 Å². The Hall–Kier alpha value is -4.15. The first-order valence-electron chi connectivity index (χ1n) is 9.82. The van der Waals surface area contributed by atoms with Crippen LogP contribution in [0.3, 0.4) is 0 Å². The molecule has 0 fully saturated rings. The lowest BCUT2D eigenvalue weighted by Crippen LogP contribution is -2.32. The summed E-state index contributed by atoms with van der Waals surface area (Å²) in [5, 5.41) is 6.63. The van der Waals surface area contributed by atoms with Crippen LogP contribution in [-0.2, 0) is 6.61 Å². The summed E-state index contributed by atoms with van der Waals surface area (Å²) < 4.78 is 39.0. The van der Waals surface area contributed by atoms with E-state index in [0.29, 0.717) is 17.0 Å². The highest BCUT2D eigenvalue weighted by Crippen LogP contribution is 2.26. The molecule has 0 aliphatic heterocycles. The van der Waals surface area contributed by atoms with Crippen molar-refractivity contribution >= 4 is 40.0 Å². The molecule has 0 saturated heterocycles. The van der Waals surface area contributed by atoms with E-state index >= 15 is 0 Å². The minimum Gasteiger partial charge on any atom is -0.489 e. The normalized spacial score (nSPS) is 11.5. The quantitative estimate of drug-likeness (QED) is 0.140. The molecule has 8 nitrogen and oxygen atoms in total. The maximum absolute atomic E-state index is 14.5. The number of rotatable bonds is 6. The van der Waals surface area contributed by atoms with Crippen molar-refractivity contribution in [1.82, 2.24) is 5.43 Å². The molecule has 6 N–H and O–H groups in total. The molecule has 174 valence electrons. The van der Waals surface area contributed by atoms with E-state index in [-0.39, 0.29) is 39.6 Å². The number of nitrogens with one attached hydrogen (secondary N) is 2. The van der Waals surface area contributed by atoms with E-state index in [0.717, 1.165) is 6.07 Å². The fourth-order valence-corrected chi connectivity index (χ4v) is 3.53. The van der Waals surface area contributed by atoms with Gasteiger partial charge in [0.1, 0.15) is 35.8 Å². The number of benzene rings is 3. The Bertz CT molecular complexity index is 1370. The SMILES string of the molecule is N/N=C(\NN)c1cc2occ(C(=O)Nc3ccc(OCc4cc(F)cc(Cl)c4)cc3)c2cc1F. The van der Waals surface area contributed by atoms with Crippen LogP contribution in [0.25, 0.3) is 11.0 Å². The minimum atomic E-state index is -0.689. The van der Waals surface area contributed by atoms with Gasteiger partial charge in [0.15, 0.2) is 5.84 Å². The Labute approximate surface area is 197 Å². The summed E-state index contributed by atoms with van der Waals surface area (Å²) >= 11 is 5.84. The third-order valence-corrected chi connectivity index (χ3v) is 5.09. The number of furan rings is 1. The van der Waals surface area contributed by atoms with Crippen LogP contribution in [0.15, 0.2) is 70.4 Å². The molecule has 4 aromatic rings. The number of hydrogen-bond acceptors (Lipinski definition) is 6. The lowest BCUT2D eigenvalue weighted by molar-refractivity contribution is 0.102. The molecule has 0 aliphatic rings. The van der Waals surface area contributed by atoms with Crippen LogP contribution in [0, 0.1) is 11.6 Å². The molecule has 1 amide bonds. The second-order valence-corrected chi connectivity index (χ2v) is 7.58. The van der Waals surface area contributed by atoms with Crippen molar-refractivity contribution in [2.24, 2.45) is 16.8 Å². The highest BCUT2D eigenvalue weighted by molar-refractivity contribution is 6.30. The number of halogens is 3. The zero-order valence-electron chi connectivity index (χ0n) is 17.4. The van der Waals surface area contributed by atoms with Gasteiger partial charge in [0, 0.05) is 16.1 Å². The molecule has 0 bridgehead atoms. The van der Waals surface area contributed by atoms with E-state index in [1.54, 1.807) is 30.3 Å². The van der Waals surface area contributed by atoms with Crippen LogP contribution < -0.4 is 27.2 Å². The standard InChI is InChI=1S/C23H18ClF2N5O3/c24-13-5-12(6-14(25)7-13)10-33-16-3-1-15(2-4-16)29-23(32)19-11-34-21-9-18(22(30-27)31-28)20(26)8-17(19)21/h1-9,11H,10,27-28H2,(H,29,32)(H,30,31). The molecule has 0 unspecified atom stereocenters. The first kappa shape index (κ1) is 23.0. The zero-order valence-corrected chi connectivity index (χ0v) is 18.2. The summed E-state index contributed by atoms with van der Waals surface area (Å²) in [5.41, 5.74) is 3.63. The largest absolute Gasteiger partial charge is 0.489 e. The van der Waals surface area contributed by atoms with Gasteiger partial charge in [0.05, 0.1) is 11.1 Å². The number of carbonyl (C=O) groups is 1. The Morgan fingerprint density at radius 3 is 2.53 bits per heavy atom. The Kier molecular flexibility index (Phi) is 6.62. The van der Waals surface area contributed by atoms with E-state index < -0.39 is 17.5 Å². The molecule has 0 radical (unpaired) electrons. The zero-order chi connectivity index (χ0) is 24.2. The average Bonchev–Trinajstić information content (AvgIpc) is 3.21. The number of amides is 1. The van der Waals surface area contributed by atoms with Crippen molar-refractivity contribution < 1.29 is 22.7 Å². The van der Waals surface area contributed by atoms with Gasteiger partial charge in [-0.25, -0.2) is 14.6 Å². The second-order valence-electron chi connectivity index (χ2n) is 7.14. The van der Waals surface area contributed by atoms with Gasteiger partial charge in [-0.3, -0.25) is 4.79 Å². The number of hydrazone groups is 1. The smallest absolute Gasteiger partial charge is 0.259 e. The van der Waals surface area contributed by atoms with Gasteiger partial charge in [0.2, 0.25) is 0 Å². The van der Waals surface area contributed by atoms with Crippen molar-refractivity contribution in [3.05, 3.63) is 94.2 Å². The minimum absolute atomic E-state index is 0.00471. The Morgan fingerprint density at radius 2 is 1.85 bits per heavy atom. The first-order chi connectivity index (χ1) is 16.4. The molecule has 1 heterocycles. The van der Waals surface area contributed by atoms with Crippen molar-refractivity contribution in [3.63, 3.8) is 0 Å². The number of fused-ring (bicyclic) bond motifs is 1. The van der Waals surface area contributed by atoms with E-state index in [1.807, 2.05) is 0 Å². The number of carbonyl (C=O) groups excluding carboxylic acids is 1. The summed E-state index contributed by atoms with van der Waals surface area (Å²) in [6, 6.07) is 13.2. The van der Waals surface area contributed by atoms with Gasteiger partial charge in [0.25, 0.3) is 5.91 Å². The van der Waals surface area contributed by atoms with Crippen LogP contribution in [-0.4, -0.2) is 11.7 Å². The van der Waals surface area contributed by atoms with Crippen LogP contribution in [0.4, 0.5) is 14.5 Å². The molecular weight excluding hydrogens is 468 g/mol. The number of hydrazine groups is 1. The maximum atomic E-state index is 14.5. The molecular formula is C23H18ClF2N5O3. The van der Waals surface area contributed by atoms with Gasteiger partial charge in [-0.15, -0.1) is 0 Å². The molecule has 4 rings (SSSR count). The van der Waals surface area contributed by atoms with Crippen LogP contribution >= 0.6 is 11.6 Å². The van der Waals surface area contributed by atoms with Crippen molar-refractivity contribution in [2.75, 3.05) is 5.32 Å². The molecule has 11 heteroatoms. The van der Waals surface area contributed by atoms with Crippen molar-refractivity contribution in [3.8, 4) is 5.75 Å². The third-order valence-electron chi connectivity index (χ3n) is 4.87. The fraction of sp³-hybridized carbons (Fsp3) is 0.0435. The lowest BCUT2D eigenvalue weighted by Gasteiger charge is -2.09. The number of ether oxygens (including phenoxy) is 1. The molecule has 0 aliphatic carbocycles. The van der Waals surface area contributed by atoms with Gasteiger partial charge < -0.3 is 25.7 Å². The van der Waals surface area contributed by atoms with Crippen molar-refractivity contribution in [1.29, 1.82) is 0 Å². The highest BCUT2D eigenvalue weighted by atomic mass is 35.5. The molecule has 0 atom stereocenters. The van der Waals surface area contributed by atoms with Crippen LogP contribution in [0.1, 0.15) is 21.5 Å². The number of hydrogen-bond donors (Lipinski definition) is 4. The fourth-order valence-electron chi connectivity index (χ4n) is 3.28. The predicted octanol–water partition coefficient (Wildman–Crippen LogP) is 4.28.